The molecule has 2 aromatic rings. The van der Waals surface area contributed by atoms with E-state index in [4.69, 9.17) is 4.74 Å². The van der Waals surface area contributed by atoms with Gasteiger partial charge in [-0.2, -0.15) is 0 Å². The highest BCUT2D eigenvalue weighted by atomic mass is 19.1. The molecular formula is C25H31F2N3O3. The fraction of sp³-hybridized carbons (Fsp3) is 0.440. The van der Waals surface area contributed by atoms with Crippen LogP contribution in [0, 0.1) is 11.6 Å². The van der Waals surface area contributed by atoms with E-state index in [0.717, 1.165) is 5.56 Å². The second-order valence-corrected chi connectivity index (χ2v) is 8.01. The molecule has 1 heterocycles. The molecule has 0 radical (unpaired) electrons. The Morgan fingerprint density at radius 1 is 1.03 bits per heavy atom. The molecule has 0 aromatic heterocycles. The molecule has 3 rings (SSSR count). The van der Waals surface area contributed by atoms with Crippen molar-refractivity contribution in [2.24, 2.45) is 0 Å². The number of ether oxygens (including phenoxy) is 1. The molecule has 1 unspecified atom stereocenters. The van der Waals surface area contributed by atoms with E-state index in [-0.39, 0.29) is 23.3 Å². The van der Waals surface area contributed by atoms with Crippen LogP contribution in [0.4, 0.5) is 20.2 Å². The lowest BCUT2D eigenvalue weighted by molar-refractivity contribution is -0.147. The third-order valence-corrected chi connectivity index (χ3v) is 5.93. The van der Waals surface area contributed by atoms with Gasteiger partial charge in [-0.3, -0.25) is 9.69 Å². The van der Waals surface area contributed by atoms with Crippen molar-refractivity contribution in [1.82, 2.24) is 4.90 Å². The number of esters is 1. The molecule has 0 spiro atoms. The summed E-state index contributed by atoms with van der Waals surface area (Å²) in [5.41, 5.74) is 0.936. The first-order chi connectivity index (χ1) is 15.9. The van der Waals surface area contributed by atoms with E-state index in [0.29, 0.717) is 45.6 Å². The molecule has 6 nitrogen and oxygen atoms in total. The molecule has 1 aliphatic heterocycles. The molecule has 0 saturated carbocycles. The van der Waals surface area contributed by atoms with Crippen molar-refractivity contribution in [3.63, 3.8) is 0 Å². The summed E-state index contributed by atoms with van der Waals surface area (Å²) in [6.07, 6.45) is 0.988. The minimum atomic E-state index is -0.700. The number of benzene rings is 2. The number of halogens is 2. The Balaban J connectivity index is 1.77. The SMILES string of the molecule is CCCC(=O)N(CC)c1cc(F)c(N2CCN(C(C(=O)OC)c3ccccc3)CC2)c(F)c1. The number of carbonyl (C=O) groups is 2. The summed E-state index contributed by atoms with van der Waals surface area (Å²) in [6.45, 7) is 5.57. The third kappa shape index (κ3) is 5.50. The quantitative estimate of drug-likeness (QED) is 0.555. The van der Waals surface area contributed by atoms with Crippen LogP contribution in [0.2, 0.25) is 0 Å². The molecule has 0 bridgehead atoms. The number of hydrogen-bond donors (Lipinski definition) is 0. The molecule has 1 atom stereocenters. The molecule has 1 amide bonds. The van der Waals surface area contributed by atoms with Gasteiger partial charge in [0.05, 0.1) is 7.11 Å². The van der Waals surface area contributed by atoms with E-state index < -0.39 is 17.7 Å². The molecule has 178 valence electrons. The number of hydrogen-bond acceptors (Lipinski definition) is 5. The molecule has 33 heavy (non-hydrogen) atoms. The highest BCUT2D eigenvalue weighted by Gasteiger charge is 2.32. The van der Waals surface area contributed by atoms with Crippen molar-refractivity contribution in [2.45, 2.75) is 32.7 Å². The summed E-state index contributed by atoms with van der Waals surface area (Å²) in [4.78, 5) is 29.8. The Kier molecular flexibility index (Phi) is 8.38. The Labute approximate surface area is 193 Å². The molecule has 1 saturated heterocycles. The van der Waals surface area contributed by atoms with E-state index >= 15 is 8.78 Å². The zero-order valence-electron chi connectivity index (χ0n) is 19.4. The van der Waals surface area contributed by atoms with Gasteiger partial charge in [0, 0.05) is 44.8 Å². The van der Waals surface area contributed by atoms with E-state index in [1.165, 1.54) is 24.1 Å². The summed E-state index contributed by atoms with van der Waals surface area (Å²) >= 11 is 0. The molecule has 1 fully saturated rings. The Hall–Kier alpha value is -3.00. The highest BCUT2D eigenvalue weighted by molar-refractivity contribution is 5.93. The van der Waals surface area contributed by atoms with Crippen LogP contribution in [-0.2, 0) is 14.3 Å². The number of amides is 1. The van der Waals surface area contributed by atoms with Crippen molar-refractivity contribution in [3.05, 3.63) is 59.7 Å². The normalized spacial score (nSPS) is 15.2. The lowest BCUT2D eigenvalue weighted by Crippen LogP contribution is -2.50. The number of rotatable bonds is 8. The number of anilines is 2. The van der Waals surface area contributed by atoms with Gasteiger partial charge >= 0.3 is 5.97 Å². The van der Waals surface area contributed by atoms with Crippen LogP contribution in [-0.4, -0.2) is 56.6 Å². The predicted molar refractivity (Wildman–Crippen MR) is 124 cm³/mol. The van der Waals surface area contributed by atoms with Crippen molar-refractivity contribution in [3.8, 4) is 0 Å². The lowest BCUT2D eigenvalue weighted by atomic mass is 10.0. The van der Waals surface area contributed by atoms with Crippen molar-refractivity contribution >= 4 is 23.3 Å². The van der Waals surface area contributed by atoms with Gasteiger partial charge in [-0.15, -0.1) is 0 Å². The van der Waals surface area contributed by atoms with Crippen LogP contribution < -0.4 is 9.80 Å². The Morgan fingerprint density at radius 3 is 2.15 bits per heavy atom. The summed E-state index contributed by atoms with van der Waals surface area (Å²) in [5.74, 6) is -1.93. The first kappa shape index (κ1) is 24.6. The van der Waals surface area contributed by atoms with E-state index in [1.807, 2.05) is 42.2 Å². The minimum Gasteiger partial charge on any atom is -0.468 e. The largest absolute Gasteiger partial charge is 0.468 e. The van der Waals surface area contributed by atoms with E-state index in [1.54, 1.807) is 11.8 Å². The van der Waals surface area contributed by atoms with Crippen molar-refractivity contribution < 1.29 is 23.1 Å². The molecule has 0 aliphatic carbocycles. The number of methoxy groups -OCH3 is 1. The van der Waals surface area contributed by atoms with Crippen LogP contribution in [0.25, 0.3) is 0 Å². The van der Waals surface area contributed by atoms with Gasteiger partial charge in [0.25, 0.3) is 0 Å². The smallest absolute Gasteiger partial charge is 0.327 e. The second-order valence-electron chi connectivity index (χ2n) is 8.01. The van der Waals surface area contributed by atoms with Gasteiger partial charge in [-0.1, -0.05) is 37.3 Å². The van der Waals surface area contributed by atoms with Gasteiger partial charge in [0.2, 0.25) is 5.91 Å². The maximum absolute atomic E-state index is 15.0. The third-order valence-electron chi connectivity index (χ3n) is 5.93. The zero-order chi connectivity index (χ0) is 24.0. The van der Waals surface area contributed by atoms with Crippen LogP contribution >= 0.6 is 0 Å². The fourth-order valence-corrected chi connectivity index (χ4v) is 4.31. The van der Waals surface area contributed by atoms with Gasteiger partial charge in [0.15, 0.2) is 11.6 Å². The van der Waals surface area contributed by atoms with Gasteiger partial charge in [-0.05, 0) is 31.0 Å². The van der Waals surface area contributed by atoms with Crippen LogP contribution in [0.1, 0.15) is 38.3 Å². The zero-order valence-corrected chi connectivity index (χ0v) is 19.4. The first-order valence-corrected chi connectivity index (χ1v) is 11.3. The van der Waals surface area contributed by atoms with Gasteiger partial charge in [-0.25, -0.2) is 13.6 Å². The lowest BCUT2D eigenvalue weighted by Gasteiger charge is -2.39. The monoisotopic (exact) mass is 459 g/mol. The average molecular weight is 460 g/mol. The average Bonchev–Trinajstić information content (AvgIpc) is 2.81. The fourth-order valence-electron chi connectivity index (χ4n) is 4.31. The summed E-state index contributed by atoms with van der Waals surface area (Å²) in [7, 11) is 1.35. The van der Waals surface area contributed by atoms with Gasteiger partial charge < -0.3 is 14.5 Å². The molecular weight excluding hydrogens is 428 g/mol. The maximum Gasteiger partial charge on any atom is 0.327 e. The Bertz CT molecular complexity index is 940. The van der Waals surface area contributed by atoms with Crippen molar-refractivity contribution in [1.29, 1.82) is 0 Å². The molecule has 8 heteroatoms. The minimum absolute atomic E-state index is 0.105. The van der Waals surface area contributed by atoms with E-state index in [9.17, 15) is 9.59 Å². The van der Waals surface area contributed by atoms with Crippen LogP contribution in [0.15, 0.2) is 42.5 Å². The molecule has 2 aromatic carbocycles. The standard InChI is InChI=1S/C25H31F2N3O3/c1-4-9-22(31)30(5-2)19-16-20(26)24(21(27)17-19)29-14-12-28(13-15-29)23(25(32)33-3)18-10-7-6-8-11-18/h6-8,10-11,16-17,23H,4-5,9,12-15H2,1-3H3. The predicted octanol–water partition coefficient (Wildman–Crippen LogP) is 4.15. The Morgan fingerprint density at radius 2 is 1.64 bits per heavy atom. The van der Waals surface area contributed by atoms with Crippen LogP contribution in [0.3, 0.4) is 0 Å². The number of piperazine rings is 1. The highest BCUT2D eigenvalue weighted by Crippen LogP contribution is 2.31. The summed E-state index contributed by atoms with van der Waals surface area (Å²) in [5, 5.41) is 0. The number of carbonyl (C=O) groups excluding carboxylic acids is 2. The maximum atomic E-state index is 15.0. The molecule has 1 aliphatic rings. The van der Waals surface area contributed by atoms with E-state index in [2.05, 4.69) is 0 Å². The van der Waals surface area contributed by atoms with Crippen molar-refractivity contribution in [2.75, 3.05) is 49.6 Å². The number of nitrogens with zero attached hydrogens (tertiary/aromatic N) is 3. The summed E-state index contributed by atoms with van der Waals surface area (Å²) < 4.78 is 35.1. The topological polar surface area (TPSA) is 53.1 Å². The molecule has 0 N–H and O–H groups in total. The summed E-state index contributed by atoms with van der Waals surface area (Å²) in [6, 6.07) is 11.2. The van der Waals surface area contributed by atoms with Crippen LogP contribution in [0.5, 0.6) is 0 Å². The second kappa shape index (κ2) is 11.2. The first-order valence-electron chi connectivity index (χ1n) is 11.3. The van der Waals surface area contributed by atoms with Gasteiger partial charge in [0.1, 0.15) is 11.7 Å².